The van der Waals surface area contributed by atoms with Gasteiger partial charge in [0.2, 0.25) is 5.91 Å². The summed E-state index contributed by atoms with van der Waals surface area (Å²) in [6.07, 6.45) is 6.43. The maximum absolute atomic E-state index is 13.7. The Morgan fingerprint density at radius 3 is 1.46 bits per heavy atom. The largest absolute Gasteiger partial charge is 0.351 e. The Balaban J connectivity index is 0.839. The van der Waals surface area contributed by atoms with E-state index in [1.54, 1.807) is 43.0 Å². The molecule has 0 radical (unpaired) electrons. The summed E-state index contributed by atoms with van der Waals surface area (Å²) in [6.45, 7) is 0.691. The molecule has 332 valence electrons. The number of carbonyl (C=O) groups is 5. The lowest BCUT2D eigenvalue weighted by molar-refractivity contribution is -0.384. The van der Waals surface area contributed by atoms with Crippen LogP contribution in [-0.4, -0.2) is 84.1 Å². The molecule has 0 atom stereocenters. The number of rotatable bonds is 16. The molecule has 0 spiro atoms. The van der Waals surface area contributed by atoms with Crippen molar-refractivity contribution in [3.05, 3.63) is 142 Å². The van der Waals surface area contributed by atoms with Crippen LogP contribution < -0.4 is 21.3 Å². The number of aromatic nitrogens is 8. The zero-order valence-corrected chi connectivity index (χ0v) is 35.7. The molecule has 6 heterocycles. The number of aryl methyl sites for hydroxylation is 4. The molecule has 0 fully saturated rings. The SMILES string of the molecule is Cn1cc(NC(=O)c2cc(NC(=O)c3cc(NC(=O)c4cc([N+](=O)[O-])cn4C)cn3C)cn2C)cc1C(=O)NCCCC(=O)N(Cc1nc2ccccc2[nH]1)Cc1nc2ccccc2[nH]1. The molecular formula is C44H44N14O7. The number of para-hydroxylation sites is 4. The minimum Gasteiger partial charge on any atom is -0.351 e. The predicted molar refractivity (Wildman–Crippen MR) is 240 cm³/mol. The molecule has 0 aliphatic heterocycles. The topological polar surface area (TPSA) is 257 Å². The number of nitrogens with one attached hydrogen (secondary N) is 6. The average molecular weight is 881 g/mol. The molecule has 6 N–H and O–H groups in total. The normalized spacial score (nSPS) is 11.2. The summed E-state index contributed by atoms with van der Waals surface area (Å²) in [5.74, 6) is -0.860. The molecule has 0 unspecified atom stereocenters. The molecule has 65 heavy (non-hydrogen) atoms. The second kappa shape index (κ2) is 17.9. The lowest BCUT2D eigenvalue weighted by Gasteiger charge is -2.21. The number of aromatic amines is 2. The predicted octanol–water partition coefficient (Wildman–Crippen LogP) is 5.20. The van der Waals surface area contributed by atoms with Crippen LogP contribution in [0.5, 0.6) is 0 Å². The van der Waals surface area contributed by atoms with Crippen molar-refractivity contribution in [2.75, 3.05) is 22.5 Å². The summed E-state index contributed by atoms with van der Waals surface area (Å²) in [6, 6.07) is 20.9. The van der Waals surface area contributed by atoms with E-state index in [4.69, 9.17) is 0 Å². The summed E-state index contributed by atoms with van der Waals surface area (Å²) in [7, 11) is 6.44. The maximum Gasteiger partial charge on any atom is 0.287 e. The van der Waals surface area contributed by atoms with Gasteiger partial charge < -0.3 is 54.4 Å². The summed E-state index contributed by atoms with van der Waals surface area (Å²) in [5.41, 5.74) is 4.84. The van der Waals surface area contributed by atoms with Gasteiger partial charge in [-0.3, -0.25) is 34.1 Å². The molecule has 8 aromatic rings. The third-order valence-electron chi connectivity index (χ3n) is 10.7. The highest BCUT2D eigenvalue weighted by Crippen LogP contribution is 2.22. The van der Waals surface area contributed by atoms with Gasteiger partial charge >= 0.3 is 0 Å². The smallest absolute Gasteiger partial charge is 0.287 e. The number of nitro groups is 1. The minimum atomic E-state index is -0.596. The van der Waals surface area contributed by atoms with Gasteiger partial charge in [-0.2, -0.15) is 0 Å². The van der Waals surface area contributed by atoms with Crippen molar-refractivity contribution >= 4 is 74.4 Å². The number of hydrogen-bond donors (Lipinski definition) is 6. The Hall–Kier alpha value is -8.75. The van der Waals surface area contributed by atoms with Crippen LogP contribution in [0.2, 0.25) is 0 Å². The highest BCUT2D eigenvalue weighted by Gasteiger charge is 2.23. The summed E-state index contributed by atoms with van der Waals surface area (Å²) < 4.78 is 5.95. The van der Waals surface area contributed by atoms with Gasteiger partial charge in [-0.25, -0.2) is 9.97 Å². The zero-order valence-electron chi connectivity index (χ0n) is 35.7. The third kappa shape index (κ3) is 9.52. The number of imidazole rings is 2. The van der Waals surface area contributed by atoms with Gasteiger partial charge in [0.1, 0.15) is 34.4 Å². The fourth-order valence-electron chi connectivity index (χ4n) is 7.48. The first-order valence-electron chi connectivity index (χ1n) is 20.4. The van der Waals surface area contributed by atoms with Crippen molar-refractivity contribution in [3.63, 3.8) is 0 Å². The van der Waals surface area contributed by atoms with Crippen LogP contribution in [0.1, 0.15) is 66.4 Å². The molecule has 0 aliphatic rings. The van der Waals surface area contributed by atoms with E-state index in [1.807, 2.05) is 48.5 Å². The molecule has 21 heteroatoms. The van der Waals surface area contributed by atoms with E-state index in [1.165, 1.54) is 51.3 Å². The molecule has 8 rings (SSSR count). The van der Waals surface area contributed by atoms with Crippen molar-refractivity contribution in [2.24, 2.45) is 28.2 Å². The van der Waals surface area contributed by atoms with Crippen molar-refractivity contribution in [3.8, 4) is 0 Å². The highest BCUT2D eigenvalue weighted by atomic mass is 16.6. The van der Waals surface area contributed by atoms with Crippen LogP contribution in [0.3, 0.4) is 0 Å². The van der Waals surface area contributed by atoms with Crippen LogP contribution in [0.15, 0.2) is 97.6 Å². The Morgan fingerprint density at radius 2 is 1.03 bits per heavy atom. The Morgan fingerprint density at radius 1 is 0.615 bits per heavy atom. The summed E-state index contributed by atoms with van der Waals surface area (Å²) in [5, 5.41) is 22.2. The Bertz CT molecular complexity index is 3000. The lowest BCUT2D eigenvalue weighted by atomic mass is 10.2. The van der Waals surface area contributed by atoms with E-state index in [-0.39, 0.29) is 60.4 Å². The molecule has 6 aromatic heterocycles. The van der Waals surface area contributed by atoms with Gasteiger partial charge in [-0.1, -0.05) is 24.3 Å². The number of amides is 5. The number of benzene rings is 2. The van der Waals surface area contributed by atoms with Crippen molar-refractivity contribution < 1.29 is 28.9 Å². The number of hydrogen-bond acceptors (Lipinski definition) is 9. The van der Waals surface area contributed by atoms with Crippen molar-refractivity contribution in [1.82, 2.24) is 48.4 Å². The minimum absolute atomic E-state index is 0.0629. The van der Waals surface area contributed by atoms with Crippen LogP contribution in [0.4, 0.5) is 22.7 Å². The molecule has 21 nitrogen and oxygen atoms in total. The molecule has 0 aliphatic carbocycles. The van der Waals surface area contributed by atoms with E-state index < -0.39 is 28.6 Å². The molecule has 5 amide bonds. The first-order valence-corrected chi connectivity index (χ1v) is 20.4. The van der Waals surface area contributed by atoms with Gasteiger partial charge in [0.05, 0.1) is 63.3 Å². The second-order valence-electron chi connectivity index (χ2n) is 15.5. The van der Waals surface area contributed by atoms with Crippen LogP contribution in [0.25, 0.3) is 22.1 Å². The van der Waals surface area contributed by atoms with Gasteiger partial charge in [0, 0.05) is 65.8 Å². The van der Waals surface area contributed by atoms with Gasteiger partial charge in [-0.05, 0) is 48.9 Å². The molecule has 0 bridgehead atoms. The Kier molecular flexibility index (Phi) is 11.8. The van der Waals surface area contributed by atoms with Crippen LogP contribution >= 0.6 is 0 Å². The van der Waals surface area contributed by atoms with Gasteiger partial charge in [-0.15, -0.1) is 0 Å². The van der Waals surface area contributed by atoms with Gasteiger partial charge in [0.15, 0.2) is 0 Å². The van der Waals surface area contributed by atoms with E-state index in [0.717, 1.165) is 28.1 Å². The fraction of sp³-hybridized carbons (Fsp3) is 0.205. The second-order valence-corrected chi connectivity index (χ2v) is 15.5. The van der Waals surface area contributed by atoms with E-state index >= 15 is 0 Å². The Labute approximate surface area is 369 Å². The van der Waals surface area contributed by atoms with Gasteiger partial charge in [0.25, 0.3) is 29.3 Å². The van der Waals surface area contributed by atoms with E-state index in [2.05, 4.69) is 41.2 Å². The quantitative estimate of drug-likeness (QED) is 0.0423. The average Bonchev–Trinajstić information content (AvgIpc) is 4.13. The first kappa shape index (κ1) is 42.9. The summed E-state index contributed by atoms with van der Waals surface area (Å²) >= 11 is 0. The maximum atomic E-state index is 13.7. The van der Waals surface area contributed by atoms with E-state index in [0.29, 0.717) is 35.1 Å². The van der Waals surface area contributed by atoms with E-state index in [9.17, 15) is 34.1 Å². The zero-order chi connectivity index (χ0) is 45.9. The first-order chi connectivity index (χ1) is 31.2. The molecule has 2 aromatic carbocycles. The number of carbonyl (C=O) groups excluding carboxylic acids is 5. The standard InChI is InChI=1S/C44H44N14O7/c1-53-20-26(46-42(61)35-17-27(21-54(35)2)47-43(62)36-18-28(22-55(36)3)48-44(63)37-19-29(58(64)65)23-56(37)4)16-34(53)41(60)45-15-9-14-40(59)57(24-38-49-30-10-5-6-11-31(30)50-38)25-39-51-32-12-7-8-13-33(32)52-39/h5-8,10-13,16-23H,9,14-15,24-25H2,1-4H3,(H,45,60)(H,46,61)(H,47,62)(H,48,63)(H,49,50)(H,51,52). The lowest BCUT2D eigenvalue weighted by Crippen LogP contribution is -2.32. The van der Waals surface area contributed by atoms with Crippen molar-refractivity contribution in [1.29, 1.82) is 0 Å². The number of nitrogens with zero attached hydrogens (tertiary/aromatic N) is 8. The summed E-state index contributed by atoms with van der Waals surface area (Å²) in [4.78, 5) is 94.5. The number of fused-ring (bicyclic) bond motifs is 2. The monoisotopic (exact) mass is 880 g/mol. The van der Waals surface area contributed by atoms with Crippen LogP contribution in [-0.2, 0) is 46.1 Å². The fourth-order valence-corrected chi connectivity index (χ4v) is 7.48. The third-order valence-corrected chi connectivity index (χ3v) is 10.7. The molecular weight excluding hydrogens is 837 g/mol. The van der Waals surface area contributed by atoms with Crippen LogP contribution in [0, 0.1) is 10.1 Å². The molecule has 0 saturated carbocycles. The number of H-pyrrole nitrogens is 2. The molecule has 0 saturated heterocycles. The highest BCUT2D eigenvalue weighted by molar-refractivity contribution is 6.08. The van der Waals surface area contributed by atoms with Crippen molar-refractivity contribution in [2.45, 2.75) is 25.9 Å². The number of anilines is 3.